The van der Waals surface area contributed by atoms with Gasteiger partial charge in [0.05, 0.1) is 0 Å². The van der Waals surface area contributed by atoms with E-state index in [0.717, 1.165) is 56.1 Å². The molecule has 2 aromatic carbocycles. The van der Waals surface area contributed by atoms with E-state index < -0.39 is 29.8 Å². The van der Waals surface area contributed by atoms with Crippen LogP contribution in [0.3, 0.4) is 0 Å². The van der Waals surface area contributed by atoms with Crippen LogP contribution in [0.1, 0.15) is 127 Å². The summed E-state index contributed by atoms with van der Waals surface area (Å²) >= 11 is 0. The van der Waals surface area contributed by atoms with E-state index >= 15 is 0 Å². The molecule has 3 rings (SSSR count). The van der Waals surface area contributed by atoms with Crippen LogP contribution in [-0.2, 0) is 56.3 Å². The van der Waals surface area contributed by atoms with E-state index in [2.05, 4.69) is 5.32 Å². The van der Waals surface area contributed by atoms with Gasteiger partial charge in [-0.15, -0.1) is 5.06 Å². The van der Waals surface area contributed by atoms with Crippen LogP contribution in [-0.4, -0.2) is 46.7 Å². The van der Waals surface area contributed by atoms with Crippen molar-refractivity contribution in [3.05, 3.63) is 71.8 Å². The van der Waals surface area contributed by atoms with Gasteiger partial charge in [0.15, 0.2) is 0 Å². The summed E-state index contributed by atoms with van der Waals surface area (Å²) in [6.45, 7) is 0.411. The molecule has 0 aromatic heterocycles. The fraction of sp³-hybridized carbons (Fsp3) is 0.538. The molecule has 1 aliphatic rings. The maximum absolute atomic E-state index is 12.8. The average molecular weight is 693 g/mol. The summed E-state index contributed by atoms with van der Waals surface area (Å²) in [5.41, 5.74) is 1.82. The van der Waals surface area contributed by atoms with Crippen molar-refractivity contribution in [2.45, 2.75) is 135 Å². The summed E-state index contributed by atoms with van der Waals surface area (Å²) in [5.74, 6) is -3.28. The molecule has 1 aliphatic heterocycles. The third-order valence-corrected chi connectivity index (χ3v) is 8.46. The Balaban J connectivity index is 1.21. The summed E-state index contributed by atoms with van der Waals surface area (Å²) in [6.07, 6.45) is 12.8. The molecular weight excluding hydrogens is 640 g/mol. The second-order valence-corrected chi connectivity index (χ2v) is 12.7. The predicted molar refractivity (Wildman–Crippen MR) is 185 cm³/mol. The van der Waals surface area contributed by atoms with Crippen molar-refractivity contribution < 1.29 is 43.1 Å². The molecule has 50 heavy (non-hydrogen) atoms. The van der Waals surface area contributed by atoms with Crippen molar-refractivity contribution in [1.29, 1.82) is 0 Å². The van der Waals surface area contributed by atoms with Crippen LogP contribution in [0, 0.1) is 0 Å². The number of nitrogens with zero attached hydrogens (tertiary/aromatic N) is 1. The molecule has 11 heteroatoms. The molecule has 0 bridgehead atoms. The van der Waals surface area contributed by atoms with Crippen molar-refractivity contribution in [1.82, 2.24) is 10.4 Å². The van der Waals surface area contributed by atoms with Crippen molar-refractivity contribution in [3.8, 4) is 0 Å². The van der Waals surface area contributed by atoms with E-state index in [9.17, 15) is 28.8 Å². The van der Waals surface area contributed by atoms with Crippen LogP contribution in [0.2, 0.25) is 0 Å². The molecule has 1 N–H and O–H groups in total. The van der Waals surface area contributed by atoms with Gasteiger partial charge < -0.3 is 19.6 Å². The first-order valence-electron chi connectivity index (χ1n) is 18.1. The Morgan fingerprint density at radius 1 is 0.580 bits per heavy atom. The summed E-state index contributed by atoms with van der Waals surface area (Å²) < 4.78 is 10.6. The largest absolute Gasteiger partial charge is 0.461 e. The van der Waals surface area contributed by atoms with Crippen LogP contribution in [0.15, 0.2) is 60.7 Å². The normalized spacial score (nSPS) is 13.2. The lowest BCUT2D eigenvalue weighted by Gasteiger charge is -2.20. The van der Waals surface area contributed by atoms with E-state index in [1.54, 1.807) is 0 Å². The monoisotopic (exact) mass is 692 g/mol. The number of rotatable bonds is 25. The summed E-state index contributed by atoms with van der Waals surface area (Å²) in [4.78, 5) is 78.6. The molecule has 2 aromatic rings. The predicted octanol–water partition coefficient (Wildman–Crippen LogP) is 6.81. The van der Waals surface area contributed by atoms with Gasteiger partial charge in [-0.05, 0) is 30.4 Å². The van der Waals surface area contributed by atoms with Gasteiger partial charge in [0.2, 0.25) is 5.91 Å². The van der Waals surface area contributed by atoms with Gasteiger partial charge in [-0.25, -0.2) is 4.79 Å². The zero-order chi connectivity index (χ0) is 35.8. The molecule has 0 saturated carbocycles. The maximum atomic E-state index is 12.8. The fourth-order valence-corrected chi connectivity index (χ4v) is 5.53. The summed E-state index contributed by atoms with van der Waals surface area (Å²) in [6, 6.07) is 17.6. The standard InChI is InChI=1S/C39H52N2O9/c42-34(23-17-9-7-5-3-1-2-4-6-8-10-18-24-37(45)48-29-31-19-13-11-14-20-31)40-33(39(47)50-41-35(43)26-27-36(41)44)25-28-38(46)49-30-32-21-15-12-16-22-32/h11-16,19-22,33H,1-10,17-18,23-30H2,(H,40,42)/t33-/m0/s1. The van der Waals surface area contributed by atoms with Crippen LogP contribution in [0.5, 0.6) is 0 Å². The van der Waals surface area contributed by atoms with Gasteiger partial charge in [0.25, 0.3) is 11.8 Å². The average Bonchev–Trinajstić information content (AvgIpc) is 3.44. The van der Waals surface area contributed by atoms with Crippen molar-refractivity contribution in [3.63, 3.8) is 0 Å². The number of carbonyl (C=O) groups is 6. The first kappa shape index (κ1) is 39.9. The number of imide groups is 1. The molecule has 1 heterocycles. The topological polar surface area (TPSA) is 145 Å². The summed E-state index contributed by atoms with van der Waals surface area (Å²) in [7, 11) is 0. The molecule has 0 spiro atoms. The van der Waals surface area contributed by atoms with E-state index in [-0.39, 0.29) is 50.6 Å². The lowest BCUT2D eigenvalue weighted by Crippen LogP contribution is -2.45. The van der Waals surface area contributed by atoms with Crippen LogP contribution in [0.4, 0.5) is 0 Å². The fourth-order valence-electron chi connectivity index (χ4n) is 5.53. The molecule has 1 saturated heterocycles. The Kier molecular flexibility index (Phi) is 19.0. The molecule has 1 atom stereocenters. The third kappa shape index (κ3) is 16.7. The van der Waals surface area contributed by atoms with Gasteiger partial charge in [0, 0.05) is 32.1 Å². The molecule has 0 aliphatic carbocycles. The van der Waals surface area contributed by atoms with E-state index in [0.29, 0.717) is 24.5 Å². The number of ether oxygens (including phenoxy) is 2. The number of esters is 2. The summed E-state index contributed by atoms with van der Waals surface area (Å²) in [5, 5.41) is 3.05. The Labute approximate surface area is 295 Å². The first-order chi connectivity index (χ1) is 24.3. The number of hydrogen-bond donors (Lipinski definition) is 1. The van der Waals surface area contributed by atoms with Crippen molar-refractivity contribution in [2.24, 2.45) is 0 Å². The number of amides is 3. The Bertz CT molecular complexity index is 1330. The lowest BCUT2D eigenvalue weighted by molar-refractivity contribution is -0.199. The van der Waals surface area contributed by atoms with E-state index in [1.807, 2.05) is 60.7 Å². The minimum Gasteiger partial charge on any atom is -0.461 e. The van der Waals surface area contributed by atoms with Crippen molar-refractivity contribution in [2.75, 3.05) is 0 Å². The zero-order valence-corrected chi connectivity index (χ0v) is 29.1. The number of benzene rings is 2. The third-order valence-electron chi connectivity index (χ3n) is 8.46. The van der Waals surface area contributed by atoms with Crippen molar-refractivity contribution >= 4 is 35.6 Å². The Hall–Kier alpha value is -4.54. The number of hydrogen-bond acceptors (Lipinski definition) is 9. The second kappa shape index (κ2) is 23.8. The number of nitrogens with one attached hydrogen (secondary N) is 1. The number of unbranched alkanes of at least 4 members (excludes halogenated alkanes) is 11. The van der Waals surface area contributed by atoms with Crippen LogP contribution < -0.4 is 5.32 Å². The number of hydroxylamine groups is 2. The van der Waals surface area contributed by atoms with Gasteiger partial charge in [-0.1, -0.05) is 125 Å². The molecular formula is C39H52N2O9. The van der Waals surface area contributed by atoms with Gasteiger partial charge in [-0.2, -0.15) is 0 Å². The van der Waals surface area contributed by atoms with Gasteiger partial charge >= 0.3 is 17.9 Å². The molecule has 11 nitrogen and oxygen atoms in total. The van der Waals surface area contributed by atoms with E-state index in [1.165, 1.54) is 25.7 Å². The zero-order valence-electron chi connectivity index (χ0n) is 29.1. The molecule has 272 valence electrons. The van der Waals surface area contributed by atoms with Crippen LogP contribution >= 0.6 is 0 Å². The first-order valence-corrected chi connectivity index (χ1v) is 18.1. The van der Waals surface area contributed by atoms with E-state index in [4.69, 9.17) is 14.3 Å². The Morgan fingerprint density at radius 2 is 1.00 bits per heavy atom. The highest BCUT2D eigenvalue weighted by molar-refractivity contribution is 6.02. The number of carbonyl (C=O) groups excluding carboxylic acids is 6. The van der Waals surface area contributed by atoms with Gasteiger partial charge in [-0.3, -0.25) is 24.0 Å². The molecule has 3 amide bonds. The Morgan fingerprint density at radius 3 is 1.48 bits per heavy atom. The smallest absolute Gasteiger partial charge is 0.355 e. The highest BCUT2D eigenvalue weighted by atomic mass is 16.7. The SMILES string of the molecule is O=C(CCCCCCCCCCCCCCC(=O)OCc1ccccc1)N[C@@H](CCC(=O)OCc1ccccc1)C(=O)ON1C(=O)CCC1=O. The highest BCUT2D eigenvalue weighted by Gasteiger charge is 2.35. The minimum atomic E-state index is -1.21. The minimum absolute atomic E-state index is 0.0496. The molecule has 0 radical (unpaired) electrons. The molecule has 1 fully saturated rings. The lowest BCUT2D eigenvalue weighted by atomic mass is 10.0. The highest BCUT2D eigenvalue weighted by Crippen LogP contribution is 2.16. The van der Waals surface area contributed by atoms with Gasteiger partial charge in [0.1, 0.15) is 19.3 Å². The second-order valence-electron chi connectivity index (χ2n) is 12.7. The quantitative estimate of drug-likeness (QED) is 0.0674. The van der Waals surface area contributed by atoms with Crippen LogP contribution in [0.25, 0.3) is 0 Å². The maximum Gasteiger partial charge on any atom is 0.355 e. The molecule has 0 unspecified atom stereocenters.